The third-order valence-corrected chi connectivity index (χ3v) is 3.86. The summed E-state index contributed by atoms with van der Waals surface area (Å²) in [5.74, 6) is 1.06. The molecule has 0 aromatic rings. The Balaban J connectivity index is 2.57. The van der Waals surface area contributed by atoms with Crippen LogP contribution in [0.1, 0.15) is 32.6 Å². The smallest absolute Gasteiger partial charge is 0.126 e. The van der Waals surface area contributed by atoms with Gasteiger partial charge in [0.15, 0.2) is 0 Å². The lowest BCUT2D eigenvalue weighted by molar-refractivity contribution is -0.117. The highest BCUT2D eigenvalue weighted by molar-refractivity contribution is 7.99. The Bertz CT molecular complexity index is 223. The first-order valence-corrected chi connectivity index (χ1v) is 5.72. The van der Waals surface area contributed by atoms with E-state index in [9.17, 15) is 4.79 Å². The molecule has 0 N–H and O–H groups in total. The number of carbonyl (C=O) groups excluding carboxylic acids is 1. The molecule has 1 fully saturated rings. The Labute approximate surface area is 83.7 Å². The Morgan fingerprint density at radius 1 is 1.77 bits per heavy atom. The number of hydrogen-bond donors (Lipinski definition) is 0. The van der Waals surface area contributed by atoms with Gasteiger partial charge >= 0.3 is 0 Å². The summed E-state index contributed by atoms with van der Waals surface area (Å²) in [6, 6.07) is 2.12. The van der Waals surface area contributed by atoms with Crippen LogP contribution >= 0.6 is 11.8 Å². The fourth-order valence-corrected chi connectivity index (χ4v) is 3.27. The molecule has 0 aromatic carbocycles. The fourth-order valence-electron chi connectivity index (χ4n) is 1.89. The lowest BCUT2D eigenvalue weighted by Crippen LogP contribution is -2.31. The number of aldehydes is 1. The van der Waals surface area contributed by atoms with Crippen LogP contribution in [0, 0.1) is 16.7 Å². The Hall–Kier alpha value is -0.490. The second-order valence-corrected chi connectivity index (χ2v) is 5.32. The van der Waals surface area contributed by atoms with Crippen molar-refractivity contribution in [1.29, 1.82) is 5.26 Å². The molecule has 3 heteroatoms. The highest BCUT2D eigenvalue weighted by Gasteiger charge is 2.34. The first-order chi connectivity index (χ1) is 6.22. The minimum atomic E-state index is -0.180. The van der Waals surface area contributed by atoms with E-state index in [1.165, 1.54) is 0 Å². The molecule has 1 heterocycles. The van der Waals surface area contributed by atoms with Gasteiger partial charge in [0.25, 0.3) is 0 Å². The van der Waals surface area contributed by atoms with Crippen molar-refractivity contribution in [2.24, 2.45) is 5.41 Å². The highest BCUT2D eigenvalue weighted by atomic mass is 32.2. The van der Waals surface area contributed by atoms with Crippen LogP contribution in [-0.4, -0.2) is 17.3 Å². The third-order valence-electron chi connectivity index (χ3n) is 2.68. The van der Waals surface area contributed by atoms with E-state index in [1.54, 1.807) is 0 Å². The summed E-state index contributed by atoms with van der Waals surface area (Å²) in [5, 5.41) is 9.07. The molecule has 0 amide bonds. The number of nitrogens with zero attached hydrogens (tertiary/aromatic N) is 1. The Morgan fingerprint density at radius 3 is 3.08 bits per heavy atom. The second-order valence-electron chi connectivity index (χ2n) is 3.77. The van der Waals surface area contributed by atoms with Crippen LogP contribution in [-0.2, 0) is 4.79 Å². The van der Waals surface area contributed by atoms with E-state index in [4.69, 9.17) is 5.26 Å². The van der Waals surface area contributed by atoms with E-state index in [1.807, 2.05) is 11.8 Å². The fraction of sp³-hybridized carbons (Fsp3) is 0.800. The minimum Gasteiger partial charge on any atom is -0.303 e. The van der Waals surface area contributed by atoms with Gasteiger partial charge < -0.3 is 4.79 Å². The van der Waals surface area contributed by atoms with E-state index < -0.39 is 0 Å². The number of carbonyl (C=O) groups is 1. The molecule has 0 radical (unpaired) electrons. The standard InChI is InChI=1S/C10H15NOS/c1-9-7-10(8-12,3-2-5-11)4-6-13-9/h8-9H,2-4,6-7H2,1H3. The van der Waals surface area contributed by atoms with Crippen molar-refractivity contribution in [3.8, 4) is 6.07 Å². The van der Waals surface area contributed by atoms with Gasteiger partial charge in [-0.3, -0.25) is 0 Å². The van der Waals surface area contributed by atoms with Gasteiger partial charge in [-0.05, 0) is 25.0 Å². The lowest BCUT2D eigenvalue weighted by atomic mass is 9.78. The van der Waals surface area contributed by atoms with Crippen LogP contribution in [0.25, 0.3) is 0 Å². The van der Waals surface area contributed by atoms with Gasteiger partial charge in [0.05, 0.1) is 6.07 Å². The van der Waals surface area contributed by atoms with Crippen molar-refractivity contribution in [2.45, 2.75) is 37.9 Å². The maximum atomic E-state index is 11.0. The molecule has 1 saturated heterocycles. The van der Waals surface area contributed by atoms with Crippen molar-refractivity contribution in [3.05, 3.63) is 0 Å². The second kappa shape index (κ2) is 4.66. The van der Waals surface area contributed by atoms with E-state index in [-0.39, 0.29) is 5.41 Å². The largest absolute Gasteiger partial charge is 0.303 e. The number of thioether (sulfide) groups is 1. The molecular weight excluding hydrogens is 182 g/mol. The first kappa shape index (κ1) is 10.6. The summed E-state index contributed by atoms with van der Waals surface area (Å²) in [4.78, 5) is 11.0. The van der Waals surface area contributed by atoms with E-state index in [0.717, 1.165) is 31.3 Å². The summed E-state index contributed by atoms with van der Waals surface area (Å²) >= 11 is 1.93. The molecule has 0 aromatic heterocycles. The normalized spacial score (nSPS) is 33.7. The molecule has 2 unspecified atom stereocenters. The van der Waals surface area contributed by atoms with Crippen LogP contribution < -0.4 is 0 Å². The van der Waals surface area contributed by atoms with Crippen LogP contribution in [0.15, 0.2) is 0 Å². The SMILES string of the molecule is CC1CC(C=O)(CCC#N)CCS1. The summed E-state index contributed by atoms with van der Waals surface area (Å²) in [6.45, 7) is 2.16. The minimum absolute atomic E-state index is 0.180. The molecule has 13 heavy (non-hydrogen) atoms. The molecule has 1 aliphatic heterocycles. The third kappa shape index (κ3) is 2.73. The van der Waals surface area contributed by atoms with Crippen molar-refractivity contribution in [2.75, 3.05) is 5.75 Å². The lowest BCUT2D eigenvalue weighted by Gasteiger charge is -2.34. The van der Waals surface area contributed by atoms with E-state index in [2.05, 4.69) is 13.0 Å². The molecule has 72 valence electrons. The molecule has 0 spiro atoms. The number of hydrogen-bond acceptors (Lipinski definition) is 3. The monoisotopic (exact) mass is 197 g/mol. The zero-order valence-electron chi connectivity index (χ0n) is 7.95. The zero-order chi connectivity index (χ0) is 9.73. The van der Waals surface area contributed by atoms with Crippen LogP contribution in [0.4, 0.5) is 0 Å². The van der Waals surface area contributed by atoms with Gasteiger partial charge in [-0.25, -0.2) is 0 Å². The van der Waals surface area contributed by atoms with Crippen molar-refractivity contribution in [3.63, 3.8) is 0 Å². The average Bonchev–Trinajstić information content (AvgIpc) is 2.15. The van der Waals surface area contributed by atoms with Gasteiger partial charge in [0.2, 0.25) is 0 Å². The predicted octanol–water partition coefficient (Wildman–Crippen LogP) is 2.39. The highest BCUT2D eigenvalue weighted by Crippen LogP contribution is 2.40. The summed E-state index contributed by atoms with van der Waals surface area (Å²) in [6.07, 6.45) is 4.24. The van der Waals surface area contributed by atoms with Gasteiger partial charge in [0.1, 0.15) is 6.29 Å². The van der Waals surface area contributed by atoms with Gasteiger partial charge in [-0.15, -0.1) is 0 Å². The summed E-state index contributed by atoms with van der Waals surface area (Å²) < 4.78 is 0. The summed E-state index contributed by atoms with van der Waals surface area (Å²) in [5.41, 5.74) is -0.180. The zero-order valence-corrected chi connectivity index (χ0v) is 8.77. The predicted molar refractivity (Wildman–Crippen MR) is 54.5 cm³/mol. The molecule has 0 bridgehead atoms. The van der Waals surface area contributed by atoms with Gasteiger partial charge in [-0.1, -0.05) is 6.92 Å². The van der Waals surface area contributed by atoms with Crippen LogP contribution in [0.3, 0.4) is 0 Å². The summed E-state index contributed by atoms with van der Waals surface area (Å²) in [7, 11) is 0. The quantitative estimate of drug-likeness (QED) is 0.652. The van der Waals surface area contributed by atoms with E-state index >= 15 is 0 Å². The van der Waals surface area contributed by atoms with E-state index in [0.29, 0.717) is 11.7 Å². The topological polar surface area (TPSA) is 40.9 Å². The van der Waals surface area contributed by atoms with Crippen molar-refractivity contribution < 1.29 is 4.79 Å². The molecule has 1 rings (SSSR count). The van der Waals surface area contributed by atoms with Crippen LogP contribution in [0.2, 0.25) is 0 Å². The van der Waals surface area contributed by atoms with Crippen LogP contribution in [0.5, 0.6) is 0 Å². The Morgan fingerprint density at radius 2 is 2.54 bits per heavy atom. The van der Waals surface area contributed by atoms with Gasteiger partial charge in [-0.2, -0.15) is 17.0 Å². The molecule has 2 atom stereocenters. The molecule has 0 aliphatic carbocycles. The maximum Gasteiger partial charge on any atom is 0.126 e. The first-order valence-electron chi connectivity index (χ1n) is 4.67. The molecular formula is C10H15NOS. The van der Waals surface area contributed by atoms with Gasteiger partial charge in [0, 0.05) is 17.1 Å². The number of nitriles is 1. The maximum absolute atomic E-state index is 11.0. The molecule has 1 aliphatic rings. The molecule has 0 saturated carbocycles. The van der Waals surface area contributed by atoms with Crippen molar-refractivity contribution in [1.82, 2.24) is 0 Å². The van der Waals surface area contributed by atoms with Crippen molar-refractivity contribution >= 4 is 18.0 Å². The average molecular weight is 197 g/mol. The Kier molecular flexibility index (Phi) is 3.80. The number of rotatable bonds is 3. The molecule has 2 nitrogen and oxygen atoms in total.